The predicted octanol–water partition coefficient (Wildman–Crippen LogP) is 2.08. The highest BCUT2D eigenvalue weighted by Gasteiger charge is 1.97. The molecule has 0 unspecified atom stereocenters. The van der Waals surface area contributed by atoms with Crippen LogP contribution in [-0.2, 0) is 0 Å². The number of halogens is 2. The zero-order valence-electron chi connectivity index (χ0n) is 4.44. The third-order valence-corrected chi connectivity index (χ3v) is 1.82. The number of pyridine rings is 1. The van der Waals surface area contributed by atoms with Crippen molar-refractivity contribution < 1.29 is 0 Å². The van der Waals surface area contributed by atoms with E-state index < -0.39 is 0 Å². The SMILES string of the molecule is Nc1c(Cl)cncc1Br. The van der Waals surface area contributed by atoms with Crippen LogP contribution in [0.4, 0.5) is 5.69 Å². The summed E-state index contributed by atoms with van der Waals surface area (Å²) < 4.78 is 0.731. The first-order chi connectivity index (χ1) is 4.22. The van der Waals surface area contributed by atoms with Gasteiger partial charge >= 0.3 is 0 Å². The number of hydrogen-bond acceptors (Lipinski definition) is 2. The van der Waals surface area contributed by atoms with E-state index in [9.17, 15) is 0 Å². The van der Waals surface area contributed by atoms with Gasteiger partial charge in [0.1, 0.15) is 0 Å². The molecule has 2 nitrogen and oxygen atoms in total. The molecule has 0 aliphatic rings. The van der Waals surface area contributed by atoms with Crippen LogP contribution < -0.4 is 5.73 Å². The summed E-state index contributed by atoms with van der Waals surface area (Å²) in [6, 6.07) is 0. The van der Waals surface area contributed by atoms with E-state index in [0.29, 0.717) is 10.7 Å². The average Bonchev–Trinajstić information content (AvgIpc) is 1.83. The molecule has 0 saturated heterocycles. The molecule has 0 aromatic carbocycles. The number of nitrogens with zero attached hydrogens (tertiary/aromatic N) is 1. The predicted molar refractivity (Wildman–Crippen MR) is 41.4 cm³/mol. The molecule has 0 atom stereocenters. The molecule has 0 fully saturated rings. The van der Waals surface area contributed by atoms with E-state index in [1.165, 1.54) is 6.20 Å². The van der Waals surface area contributed by atoms with Crippen LogP contribution in [0, 0.1) is 0 Å². The Morgan fingerprint density at radius 3 is 2.67 bits per heavy atom. The van der Waals surface area contributed by atoms with Gasteiger partial charge in [-0.15, -0.1) is 0 Å². The lowest BCUT2D eigenvalue weighted by Crippen LogP contribution is -1.87. The van der Waals surface area contributed by atoms with Crippen molar-refractivity contribution in [3.05, 3.63) is 21.9 Å². The first-order valence-electron chi connectivity index (χ1n) is 2.26. The van der Waals surface area contributed by atoms with Crippen LogP contribution in [0.15, 0.2) is 16.9 Å². The van der Waals surface area contributed by atoms with Gasteiger partial charge in [0.15, 0.2) is 0 Å². The van der Waals surface area contributed by atoms with Gasteiger partial charge in [0.2, 0.25) is 0 Å². The average molecular weight is 207 g/mol. The minimum atomic E-state index is 0.476. The Hall–Kier alpha value is -0.280. The van der Waals surface area contributed by atoms with Crippen molar-refractivity contribution in [2.45, 2.75) is 0 Å². The van der Waals surface area contributed by atoms with Gasteiger partial charge in [0.25, 0.3) is 0 Å². The highest BCUT2D eigenvalue weighted by molar-refractivity contribution is 9.10. The third kappa shape index (κ3) is 1.34. The molecule has 0 bridgehead atoms. The minimum Gasteiger partial charge on any atom is -0.397 e. The maximum absolute atomic E-state index is 5.60. The maximum Gasteiger partial charge on any atom is 0.0830 e. The Morgan fingerprint density at radius 1 is 1.56 bits per heavy atom. The van der Waals surface area contributed by atoms with Crippen molar-refractivity contribution >= 4 is 33.2 Å². The van der Waals surface area contributed by atoms with Crippen LogP contribution in [0.3, 0.4) is 0 Å². The van der Waals surface area contributed by atoms with E-state index in [2.05, 4.69) is 20.9 Å². The third-order valence-electron chi connectivity index (χ3n) is 0.890. The summed E-state index contributed by atoms with van der Waals surface area (Å²) in [6.07, 6.45) is 3.10. The molecule has 1 aromatic rings. The molecule has 48 valence electrons. The van der Waals surface area contributed by atoms with E-state index in [1.807, 2.05) is 0 Å². The molecule has 0 amide bonds. The smallest absolute Gasteiger partial charge is 0.0830 e. The van der Waals surface area contributed by atoms with Gasteiger partial charge in [-0.3, -0.25) is 4.98 Å². The molecule has 1 rings (SSSR count). The summed E-state index contributed by atoms with van der Waals surface area (Å²) in [7, 11) is 0. The number of hydrogen-bond donors (Lipinski definition) is 1. The lowest BCUT2D eigenvalue weighted by Gasteiger charge is -1.96. The largest absolute Gasteiger partial charge is 0.397 e. The zero-order valence-corrected chi connectivity index (χ0v) is 6.78. The highest BCUT2D eigenvalue weighted by Crippen LogP contribution is 2.24. The number of aromatic nitrogens is 1. The van der Waals surface area contributed by atoms with Gasteiger partial charge in [0, 0.05) is 12.4 Å². The Balaban J connectivity index is 3.25. The first kappa shape index (κ1) is 6.83. The second-order valence-electron chi connectivity index (χ2n) is 1.52. The molecule has 0 spiro atoms. The van der Waals surface area contributed by atoms with Crippen LogP contribution in [0.25, 0.3) is 0 Å². The molecular weight excluding hydrogens is 203 g/mol. The number of nitrogens with two attached hydrogens (primary N) is 1. The Morgan fingerprint density at radius 2 is 2.22 bits per heavy atom. The molecule has 0 radical (unpaired) electrons. The Labute approximate surface area is 66.2 Å². The molecule has 0 aliphatic carbocycles. The molecule has 2 N–H and O–H groups in total. The fourth-order valence-electron chi connectivity index (χ4n) is 0.421. The van der Waals surface area contributed by atoms with Crippen molar-refractivity contribution in [3.63, 3.8) is 0 Å². The van der Waals surface area contributed by atoms with E-state index in [1.54, 1.807) is 6.20 Å². The summed E-state index contributed by atoms with van der Waals surface area (Å²) in [5.74, 6) is 0. The molecule has 4 heteroatoms. The van der Waals surface area contributed by atoms with Gasteiger partial charge in [-0.05, 0) is 15.9 Å². The van der Waals surface area contributed by atoms with Crippen molar-refractivity contribution in [2.24, 2.45) is 0 Å². The molecule has 9 heavy (non-hydrogen) atoms. The van der Waals surface area contributed by atoms with Crippen molar-refractivity contribution in [1.29, 1.82) is 0 Å². The van der Waals surface area contributed by atoms with E-state index >= 15 is 0 Å². The summed E-state index contributed by atoms with van der Waals surface area (Å²) in [6.45, 7) is 0. The van der Waals surface area contributed by atoms with Crippen molar-refractivity contribution in [2.75, 3.05) is 5.73 Å². The standard InChI is InChI=1S/C5H4BrClN2/c6-3-1-9-2-4(7)5(3)8/h1-2H,(H2,8,9). The van der Waals surface area contributed by atoms with E-state index in [0.717, 1.165) is 4.47 Å². The molecule has 1 aromatic heterocycles. The molecular formula is C5H4BrClN2. The van der Waals surface area contributed by atoms with Crippen LogP contribution in [0.1, 0.15) is 0 Å². The van der Waals surface area contributed by atoms with Crippen LogP contribution in [0.2, 0.25) is 5.02 Å². The van der Waals surface area contributed by atoms with Crippen LogP contribution >= 0.6 is 27.5 Å². The van der Waals surface area contributed by atoms with Gasteiger partial charge in [-0.25, -0.2) is 0 Å². The van der Waals surface area contributed by atoms with Gasteiger partial charge < -0.3 is 5.73 Å². The fraction of sp³-hybridized carbons (Fsp3) is 0. The van der Waals surface area contributed by atoms with Gasteiger partial charge in [-0.2, -0.15) is 0 Å². The summed E-state index contributed by atoms with van der Waals surface area (Å²) in [5, 5.41) is 0.476. The molecule has 0 aliphatic heterocycles. The second-order valence-corrected chi connectivity index (χ2v) is 2.78. The van der Waals surface area contributed by atoms with Crippen molar-refractivity contribution in [3.8, 4) is 0 Å². The van der Waals surface area contributed by atoms with Gasteiger partial charge in [-0.1, -0.05) is 11.6 Å². The maximum atomic E-state index is 5.60. The molecule has 1 heterocycles. The summed E-state index contributed by atoms with van der Waals surface area (Å²) in [5.41, 5.74) is 6.00. The lowest BCUT2D eigenvalue weighted by atomic mass is 10.4. The second kappa shape index (κ2) is 2.54. The summed E-state index contributed by atoms with van der Waals surface area (Å²) in [4.78, 5) is 3.79. The number of anilines is 1. The van der Waals surface area contributed by atoms with Crippen LogP contribution in [0.5, 0.6) is 0 Å². The molecule has 0 saturated carbocycles. The topological polar surface area (TPSA) is 38.9 Å². The van der Waals surface area contributed by atoms with Crippen molar-refractivity contribution in [1.82, 2.24) is 4.98 Å². The monoisotopic (exact) mass is 206 g/mol. The zero-order chi connectivity index (χ0) is 6.85. The fourth-order valence-corrected chi connectivity index (χ4v) is 1.03. The number of nitrogen functional groups attached to an aromatic ring is 1. The minimum absolute atomic E-state index is 0.476. The Kier molecular flexibility index (Phi) is 1.93. The first-order valence-corrected chi connectivity index (χ1v) is 3.43. The lowest BCUT2D eigenvalue weighted by molar-refractivity contribution is 1.31. The number of rotatable bonds is 0. The Bertz CT molecular complexity index is 206. The van der Waals surface area contributed by atoms with Gasteiger partial charge in [0.05, 0.1) is 15.2 Å². The quantitative estimate of drug-likeness (QED) is 0.707. The highest BCUT2D eigenvalue weighted by atomic mass is 79.9. The van der Waals surface area contributed by atoms with Crippen LogP contribution in [-0.4, -0.2) is 4.98 Å². The van der Waals surface area contributed by atoms with E-state index in [4.69, 9.17) is 17.3 Å². The normalized spacial score (nSPS) is 9.56. The summed E-state index contributed by atoms with van der Waals surface area (Å²) >= 11 is 8.77. The van der Waals surface area contributed by atoms with E-state index in [-0.39, 0.29) is 0 Å².